The number of nitrogens with one attached hydrogen (secondary N) is 2. The summed E-state index contributed by atoms with van der Waals surface area (Å²) in [6.45, 7) is 7.14. The number of rotatable bonds is 5. The molecule has 0 spiro atoms. The SMILES string of the molecule is C=C(/C=C/CN(C)C)N1CCN(C(=N)C2CCCCC2)C(=N)C1. The van der Waals surface area contributed by atoms with Gasteiger partial charge in [-0.25, -0.2) is 0 Å². The maximum Gasteiger partial charge on any atom is 0.121 e. The third-order valence-electron chi connectivity index (χ3n) is 4.73. The van der Waals surface area contributed by atoms with Crippen molar-refractivity contribution in [3.05, 3.63) is 24.4 Å². The molecule has 1 aliphatic carbocycles. The van der Waals surface area contributed by atoms with Crippen LogP contribution in [0.25, 0.3) is 0 Å². The molecule has 5 heteroatoms. The van der Waals surface area contributed by atoms with E-state index in [4.69, 9.17) is 10.8 Å². The van der Waals surface area contributed by atoms with Gasteiger partial charge in [0.25, 0.3) is 0 Å². The molecule has 2 N–H and O–H groups in total. The maximum absolute atomic E-state index is 8.46. The second kappa shape index (κ2) is 8.29. The van der Waals surface area contributed by atoms with Gasteiger partial charge in [0.2, 0.25) is 0 Å². The fourth-order valence-electron chi connectivity index (χ4n) is 3.31. The van der Waals surface area contributed by atoms with Gasteiger partial charge < -0.3 is 14.7 Å². The normalized spacial score (nSPS) is 20.6. The average Bonchev–Trinajstić information content (AvgIpc) is 2.54. The smallest absolute Gasteiger partial charge is 0.121 e. The Balaban J connectivity index is 1.86. The molecule has 5 nitrogen and oxygen atoms in total. The fraction of sp³-hybridized carbons (Fsp3) is 0.667. The lowest BCUT2D eigenvalue weighted by Gasteiger charge is -2.40. The zero-order chi connectivity index (χ0) is 16.8. The number of hydrogen-bond donors (Lipinski definition) is 2. The Labute approximate surface area is 140 Å². The first-order valence-corrected chi connectivity index (χ1v) is 8.67. The van der Waals surface area contributed by atoms with E-state index in [-0.39, 0.29) is 0 Å². The van der Waals surface area contributed by atoms with Crippen LogP contribution >= 0.6 is 0 Å². The summed E-state index contributed by atoms with van der Waals surface area (Å²) in [5.41, 5.74) is 0.959. The molecule has 2 fully saturated rings. The molecule has 0 aromatic rings. The summed E-state index contributed by atoms with van der Waals surface area (Å²) in [7, 11) is 4.08. The van der Waals surface area contributed by atoms with Crippen LogP contribution in [0.5, 0.6) is 0 Å². The van der Waals surface area contributed by atoms with E-state index in [1.165, 1.54) is 19.3 Å². The van der Waals surface area contributed by atoms with Crippen molar-refractivity contribution in [1.29, 1.82) is 10.8 Å². The highest BCUT2D eigenvalue weighted by Crippen LogP contribution is 2.26. The summed E-state index contributed by atoms with van der Waals surface area (Å²) < 4.78 is 0. The van der Waals surface area contributed by atoms with Gasteiger partial charge in [-0.1, -0.05) is 31.9 Å². The van der Waals surface area contributed by atoms with Crippen LogP contribution in [0, 0.1) is 16.7 Å². The van der Waals surface area contributed by atoms with E-state index in [0.29, 0.717) is 24.1 Å². The molecule has 23 heavy (non-hydrogen) atoms. The number of piperazine rings is 1. The lowest BCUT2D eigenvalue weighted by molar-refractivity contribution is 0.313. The first kappa shape index (κ1) is 17.7. The van der Waals surface area contributed by atoms with Crippen LogP contribution in [0.15, 0.2) is 24.4 Å². The Morgan fingerprint density at radius 3 is 2.57 bits per heavy atom. The van der Waals surface area contributed by atoms with Crippen molar-refractivity contribution in [3.63, 3.8) is 0 Å². The van der Waals surface area contributed by atoms with E-state index < -0.39 is 0 Å². The van der Waals surface area contributed by atoms with Crippen molar-refractivity contribution in [3.8, 4) is 0 Å². The lowest BCUT2D eigenvalue weighted by atomic mass is 9.87. The van der Waals surface area contributed by atoms with E-state index in [9.17, 15) is 0 Å². The summed E-state index contributed by atoms with van der Waals surface area (Å²) >= 11 is 0. The Morgan fingerprint density at radius 2 is 1.96 bits per heavy atom. The molecule has 0 aromatic carbocycles. The topological polar surface area (TPSA) is 57.4 Å². The molecule has 0 radical (unpaired) electrons. The number of likely N-dealkylation sites (N-methyl/N-ethyl adjacent to an activating group) is 1. The zero-order valence-corrected chi connectivity index (χ0v) is 14.6. The van der Waals surface area contributed by atoms with Crippen molar-refractivity contribution in [2.75, 3.05) is 40.3 Å². The number of nitrogens with zero attached hydrogens (tertiary/aromatic N) is 3. The van der Waals surface area contributed by atoms with E-state index in [1.807, 2.05) is 25.1 Å². The van der Waals surface area contributed by atoms with Gasteiger partial charge in [-0.2, -0.15) is 0 Å². The number of amidine groups is 2. The molecular formula is C18H31N5. The van der Waals surface area contributed by atoms with Crippen LogP contribution in [0.3, 0.4) is 0 Å². The predicted octanol–water partition coefficient (Wildman–Crippen LogP) is 2.77. The highest BCUT2D eigenvalue weighted by Gasteiger charge is 2.29. The van der Waals surface area contributed by atoms with Crippen molar-refractivity contribution in [2.24, 2.45) is 5.92 Å². The molecule has 0 atom stereocenters. The number of allylic oxidation sites excluding steroid dienone is 1. The van der Waals surface area contributed by atoms with Crippen LogP contribution in [-0.2, 0) is 0 Å². The third kappa shape index (κ3) is 4.93. The Morgan fingerprint density at radius 1 is 1.26 bits per heavy atom. The monoisotopic (exact) mass is 317 g/mol. The minimum Gasteiger partial charge on any atom is -0.363 e. The third-order valence-corrected chi connectivity index (χ3v) is 4.73. The van der Waals surface area contributed by atoms with Crippen molar-refractivity contribution >= 4 is 11.7 Å². The minimum absolute atomic E-state index is 0.360. The molecule has 1 saturated heterocycles. The molecular weight excluding hydrogens is 286 g/mol. The van der Waals surface area contributed by atoms with Crippen LogP contribution in [0.4, 0.5) is 0 Å². The highest BCUT2D eigenvalue weighted by molar-refractivity contribution is 6.00. The van der Waals surface area contributed by atoms with Gasteiger partial charge in [-0.05, 0) is 33.0 Å². The molecule has 2 rings (SSSR count). The largest absolute Gasteiger partial charge is 0.363 e. The van der Waals surface area contributed by atoms with Crippen LogP contribution in [-0.4, -0.2) is 66.6 Å². The van der Waals surface area contributed by atoms with Gasteiger partial charge in [0.1, 0.15) is 11.7 Å². The van der Waals surface area contributed by atoms with Crippen LogP contribution in [0.2, 0.25) is 0 Å². The van der Waals surface area contributed by atoms with Crippen molar-refractivity contribution < 1.29 is 0 Å². The van der Waals surface area contributed by atoms with Crippen LogP contribution in [0.1, 0.15) is 32.1 Å². The second-order valence-corrected chi connectivity index (χ2v) is 6.90. The molecule has 1 heterocycles. The van der Waals surface area contributed by atoms with E-state index in [1.54, 1.807) is 0 Å². The van der Waals surface area contributed by atoms with Gasteiger partial charge >= 0.3 is 0 Å². The summed E-state index contributed by atoms with van der Waals surface area (Å²) in [4.78, 5) is 6.16. The van der Waals surface area contributed by atoms with E-state index in [2.05, 4.69) is 22.5 Å². The molecule has 1 saturated carbocycles. The number of hydrogen-bond acceptors (Lipinski definition) is 4. The van der Waals surface area contributed by atoms with Gasteiger partial charge in [-0.15, -0.1) is 0 Å². The van der Waals surface area contributed by atoms with E-state index >= 15 is 0 Å². The Hall–Kier alpha value is -1.62. The summed E-state index contributed by atoms with van der Waals surface area (Å²) in [5.74, 6) is 1.57. The molecule has 0 amide bonds. The quantitative estimate of drug-likeness (QED) is 0.466. The van der Waals surface area contributed by atoms with Gasteiger partial charge in [0.05, 0.1) is 6.54 Å². The maximum atomic E-state index is 8.46. The second-order valence-electron chi connectivity index (χ2n) is 6.90. The summed E-state index contributed by atoms with van der Waals surface area (Å²) in [6.07, 6.45) is 10.1. The lowest BCUT2D eigenvalue weighted by Crippen LogP contribution is -2.53. The molecule has 0 aromatic heterocycles. The van der Waals surface area contributed by atoms with Crippen molar-refractivity contribution in [1.82, 2.24) is 14.7 Å². The molecule has 2 aliphatic rings. The van der Waals surface area contributed by atoms with Crippen molar-refractivity contribution in [2.45, 2.75) is 32.1 Å². The summed E-state index contributed by atoms with van der Waals surface area (Å²) in [5, 5.41) is 16.8. The van der Waals surface area contributed by atoms with Gasteiger partial charge in [-0.3, -0.25) is 10.8 Å². The molecule has 1 aliphatic heterocycles. The predicted molar refractivity (Wildman–Crippen MR) is 97.1 cm³/mol. The molecule has 128 valence electrons. The Bertz CT molecular complexity index is 474. The molecule has 0 bridgehead atoms. The zero-order valence-electron chi connectivity index (χ0n) is 14.6. The first-order valence-electron chi connectivity index (χ1n) is 8.67. The molecule has 0 unspecified atom stereocenters. The average molecular weight is 317 g/mol. The summed E-state index contributed by atoms with van der Waals surface area (Å²) in [6, 6.07) is 0. The Kier molecular flexibility index (Phi) is 6.39. The minimum atomic E-state index is 0.360. The van der Waals surface area contributed by atoms with Gasteiger partial charge in [0.15, 0.2) is 0 Å². The standard InChI is InChI=1S/C18H31N5/c1-15(8-7-11-21(2)3)22-12-13-23(17(19)14-22)18(20)16-9-5-4-6-10-16/h7-8,16,19-20H,1,4-6,9-14H2,2-3H3/b8-7+,19-17?,20-18?. The fourth-order valence-corrected chi connectivity index (χ4v) is 3.31. The van der Waals surface area contributed by atoms with E-state index in [0.717, 1.165) is 38.2 Å². The van der Waals surface area contributed by atoms with Crippen LogP contribution < -0.4 is 0 Å². The highest BCUT2D eigenvalue weighted by atomic mass is 15.3. The first-order chi connectivity index (χ1) is 11.0. The van der Waals surface area contributed by atoms with Gasteiger partial charge in [0, 0.05) is 31.2 Å².